The molecule has 0 bridgehead atoms. The Labute approximate surface area is 175 Å². The molecule has 5 heteroatoms. The fourth-order valence-electron chi connectivity index (χ4n) is 4.04. The Morgan fingerprint density at radius 1 is 0.931 bits per heavy atom. The molecule has 0 spiro atoms. The summed E-state index contributed by atoms with van der Waals surface area (Å²) in [5.74, 6) is 0.136. The molecule has 1 saturated carbocycles. The Balaban J connectivity index is 1.47. The minimum absolute atomic E-state index is 0.512. The molecule has 4 rings (SSSR count). The Morgan fingerprint density at radius 2 is 1.66 bits per heavy atom. The molecule has 2 aromatic carbocycles. The molecule has 3 N–H and O–H groups in total. The maximum absolute atomic E-state index is 13.0. The highest BCUT2D eigenvalue weighted by Gasteiger charge is 2.41. The summed E-state index contributed by atoms with van der Waals surface area (Å²) in [4.78, 5) is 13.6. The average molecular weight is 407 g/mol. The van der Waals surface area contributed by atoms with E-state index in [0.29, 0.717) is 16.4 Å². The topological polar surface area (TPSA) is 61.4 Å². The lowest BCUT2D eigenvalue weighted by Crippen LogP contribution is -2.47. The number of hydrogen-bond donors (Lipinski definition) is 3. The molecule has 150 valence electrons. The van der Waals surface area contributed by atoms with E-state index in [2.05, 4.69) is 23.0 Å². The van der Waals surface area contributed by atoms with Crippen molar-refractivity contribution in [3.63, 3.8) is 0 Å². The van der Waals surface area contributed by atoms with Crippen LogP contribution >= 0.6 is 11.3 Å². The van der Waals surface area contributed by atoms with Gasteiger partial charge in [0.25, 0.3) is 5.91 Å². The van der Waals surface area contributed by atoms with Crippen LogP contribution in [-0.4, -0.2) is 11.0 Å². The number of amides is 1. The van der Waals surface area contributed by atoms with E-state index in [0.717, 1.165) is 5.69 Å². The van der Waals surface area contributed by atoms with Crippen molar-refractivity contribution in [2.75, 3.05) is 5.43 Å². The van der Waals surface area contributed by atoms with Crippen molar-refractivity contribution in [3.8, 4) is 0 Å². The highest BCUT2D eigenvalue weighted by Crippen LogP contribution is 2.34. The molecular formula is C24H26N2O2S. The van der Waals surface area contributed by atoms with Gasteiger partial charge < -0.3 is 5.11 Å². The molecule has 1 atom stereocenters. The number of thiophene rings is 1. The minimum atomic E-state index is -1.75. The van der Waals surface area contributed by atoms with Gasteiger partial charge in [-0.05, 0) is 53.5 Å². The summed E-state index contributed by atoms with van der Waals surface area (Å²) in [6, 6.07) is 20.9. The molecule has 0 radical (unpaired) electrons. The van der Waals surface area contributed by atoms with Gasteiger partial charge in [0, 0.05) is 0 Å². The van der Waals surface area contributed by atoms with Gasteiger partial charge in [0.05, 0.1) is 10.6 Å². The van der Waals surface area contributed by atoms with Crippen LogP contribution in [-0.2, 0) is 10.4 Å². The third-order valence-corrected chi connectivity index (χ3v) is 6.68. The zero-order chi connectivity index (χ0) is 20.1. The Hall–Kier alpha value is -2.63. The van der Waals surface area contributed by atoms with E-state index in [1.807, 2.05) is 41.8 Å². The van der Waals surface area contributed by atoms with Gasteiger partial charge in [-0.3, -0.25) is 15.6 Å². The van der Waals surface area contributed by atoms with E-state index in [4.69, 9.17) is 0 Å². The van der Waals surface area contributed by atoms with E-state index < -0.39 is 11.5 Å². The maximum atomic E-state index is 13.0. The fourth-order valence-corrected chi connectivity index (χ4v) is 4.88. The summed E-state index contributed by atoms with van der Waals surface area (Å²) in [6.45, 7) is 0. The van der Waals surface area contributed by atoms with Gasteiger partial charge in [-0.2, -0.15) is 0 Å². The van der Waals surface area contributed by atoms with Crippen molar-refractivity contribution in [2.45, 2.75) is 43.6 Å². The number of benzene rings is 2. The van der Waals surface area contributed by atoms with E-state index in [-0.39, 0.29) is 0 Å². The van der Waals surface area contributed by atoms with Gasteiger partial charge in [0.15, 0.2) is 0 Å². The molecule has 1 amide bonds. The van der Waals surface area contributed by atoms with Crippen molar-refractivity contribution in [1.29, 1.82) is 0 Å². The van der Waals surface area contributed by atoms with Crippen LogP contribution in [0.4, 0.5) is 5.69 Å². The number of carbonyl (C=O) groups excluding carboxylic acids is 1. The molecule has 1 aliphatic rings. The smallest absolute Gasteiger partial charge is 0.280 e. The summed E-state index contributed by atoms with van der Waals surface area (Å²) >= 11 is 1.35. The summed E-state index contributed by atoms with van der Waals surface area (Å²) in [5.41, 5.74) is 6.59. The Bertz CT molecular complexity index is 919. The zero-order valence-corrected chi connectivity index (χ0v) is 17.1. The first-order valence-electron chi connectivity index (χ1n) is 10.2. The quantitative estimate of drug-likeness (QED) is 0.495. The van der Waals surface area contributed by atoms with Gasteiger partial charge in [-0.25, -0.2) is 0 Å². The van der Waals surface area contributed by atoms with Gasteiger partial charge in [0.1, 0.15) is 0 Å². The Kier molecular flexibility index (Phi) is 5.97. The van der Waals surface area contributed by atoms with Gasteiger partial charge >= 0.3 is 0 Å². The lowest BCUT2D eigenvalue weighted by molar-refractivity contribution is -0.135. The lowest BCUT2D eigenvalue weighted by atomic mass is 9.84. The Morgan fingerprint density at radius 3 is 2.31 bits per heavy atom. The molecule has 1 aliphatic carbocycles. The summed E-state index contributed by atoms with van der Waals surface area (Å²) < 4.78 is 0. The normalized spacial score (nSPS) is 16.7. The summed E-state index contributed by atoms with van der Waals surface area (Å²) in [5, 5.41) is 13.2. The van der Waals surface area contributed by atoms with Crippen molar-refractivity contribution in [1.82, 2.24) is 5.43 Å². The predicted molar refractivity (Wildman–Crippen MR) is 118 cm³/mol. The molecule has 1 aromatic heterocycles. The van der Waals surface area contributed by atoms with Crippen LogP contribution in [0.15, 0.2) is 72.1 Å². The van der Waals surface area contributed by atoms with Crippen molar-refractivity contribution < 1.29 is 9.90 Å². The van der Waals surface area contributed by atoms with Crippen LogP contribution < -0.4 is 10.9 Å². The zero-order valence-electron chi connectivity index (χ0n) is 16.3. The van der Waals surface area contributed by atoms with E-state index in [1.54, 1.807) is 18.2 Å². The molecule has 3 aromatic rings. The van der Waals surface area contributed by atoms with Crippen molar-refractivity contribution in [2.24, 2.45) is 0 Å². The van der Waals surface area contributed by atoms with Crippen molar-refractivity contribution >= 4 is 22.9 Å². The van der Waals surface area contributed by atoms with Crippen LogP contribution in [0.2, 0.25) is 0 Å². The predicted octanol–water partition coefficient (Wildman–Crippen LogP) is 5.18. The lowest BCUT2D eigenvalue weighted by Gasteiger charge is -2.27. The first kappa shape index (κ1) is 19.7. The molecule has 29 heavy (non-hydrogen) atoms. The second kappa shape index (κ2) is 8.80. The van der Waals surface area contributed by atoms with Crippen LogP contribution in [0.5, 0.6) is 0 Å². The summed E-state index contributed by atoms with van der Waals surface area (Å²) in [7, 11) is 0. The maximum Gasteiger partial charge on any atom is 0.280 e. The first-order chi connectivity index (χ1) is 14.2. The number of nitrogens with one attached hydrogen (secondary N) is 2. The third kappa shape index (κ3) is 4.21. The second-order valence-corrected chi connectivity index (χ2v) is 8.54. The van der Waals surface area contributed by atoms with Crippen LogP contribution in [0.1, 0.15) is 54.0 Å². The highest BCUT2D eigenvalue weighted by atomic mass is 32.1. The monoisotopic (exact) mass is 406 g/mol. The molecule has 0 saturated heterocycles. The highest BCUT2D eigenvalue weighted by molar-refractivity contribution is 7.10. The van der Waals surface area contributed by atoms with E-state index in [9.17, 15) is 9.90 Å². The number of anilines is 1. The SMILES string of the molecule is O=C(NNc1ccc(C2CCCCC2)cc1)[C@](O)(c1ccccc1)c1cccs1. The molecular weight excluding hydrogens is 380 g/mol. The van der Waals surface area contributed by atoms with E-state index in [1.165, 1.54) is 49.0 Å². The van der Waals surface area contributed by atoms with Crippen LogP contribution in [0, 0.1) is 0 Å². The number of hydrazine groups is 1. The first-order valence-corrected chi connectivity index (χ1v) is 11.0. The van der Waals surface area contributed by atoms with E-state index >= 15 is 0 Å². The number of carbonyl (C=O) groups is 1. The van der Waals surface area contributed by atoms with Gasteiger partial charge in [-0.1, -0.05) is 67.8 Å². The fraction of sp³-hybridized carbons (Fsp3) is 0.292. The number of hydrogen-bond acceptors (Lipinski definition) is 4. The summed E-state index contributed by atoms with van der Waals surface area (Å²) in [6.07, 6.45) is 6.47. The second-order valence-electron chi connectivity index (χ2n) is 7.59. The number of rotatable bonds is 6. The third-order valence-electron chi connectivity index (χ3n) is 5.71. The molecule has 0 aliphatic heterocycles. The molecule has 0 unspecified atom stereocenters. The van der Waals surface area contributed by atoms with Crippen LogP contribution in [0.3, 0.4) is 0 Å². The molecule has 1 heterocycles. The average Bonchev–Trinajstić information content (AvgIpc) is 3.34. The van der Waals surface area contributed by atoms with Gasteiger partial charge in [-0.15, -0.1) is 11.3 Å². The van der Waals surface area contributed by atoms with Gasteiger partial charge in [0.2, 0.25) is 5.60 Å². The van der Waals surface area contributed by atoms with Crippen molar-refractivity contribution in [3.05, 3.63) is 88.1 Å². The number of aliphatic hydroxyl groups is 1. The minimum Gasteiger partial charge on any atom is -0.371 e. The standard InChI is InChI=1S/C24H26N2O2S/c27-23(24(28,22-12-7-17-29-22)20-10-5-2-6-11-20)26-25-21-15-13-19(14-16-21)18-8-3-1-4-9-18/h2,5-7,10-18,25,28H,1,3-4,8-9H2,(H,26,27)/t24-/m0/s1. The molecule has 4 nitrogen and oxygen atoms in total. The largest absolute Gasteiger partial charge is 0.371 e. The van der Waals surface area contributed by atoms with Crippen LogP contribution in [0.25, 0.3) is 0 Å². The molecule has 1 fully saturated rings.